The lowest BCUT2D eigenvalue weighted by Crippen LogP contribution is -2.43. The molecule has 18 heavy (non-hydrogen) atoms. The van der Waals surface area contributed by atoms with Crippen LogP contribution >= 0.6 is 11.6 Å². The average molecular weight is 270 g/mol. The third kappa shape index (κ3) is 2.52. The molecule has 5 nitrogen and oxygen atoms in total. The predicted octanol–water partition coefficient (Wildman–Crippen LogP) is 1.66. The van der Waals surface area contributed by atoms with E-state index in [4.69, 9.17) is 27.3 Å². The highest BCUT2D eigenvalue weighted by atomic mass is 35.5. The van der Waals surface area contributed by atoms with Crippen molar-refractivity contribution in [2.45, 2.75) is 13.0 Å². The standard InChI is InChI=1S/C12H16ClN3O2/c1-8-7-18-5-4-16(8)11-3-2-9(6-10(11)13)12(14)15-17/h2-3,6,8,17H,4-5,7H2,1H3,(H2,14,15). The minimum atomic E-state index is 0.0541. The van der Waals surface area contributed by atoms with Gasteiger partial charge in [-0.2, -0.15) is 0 Å². The van der Waals surface area contributed by atoms with Gasteiger partial charge in [-0.15, -0.1) is 0 Å². The minimum Gasteiger partial charge on any atom is -0.409 e. The molecule has 0 amide bonds. The summed E-state index contributed by atoms with van der Waals surface area (Å²) in [6, 6.07) is 5.66. The van der Waals surface area contributed by atoms with Crippen molar-refractivity contribution in [3.05, 3.63) is 28.8 Å². The lowest BCUT2D eigenvalue weighted by atomic mass is 10.1. The summed E-state index contributed by atoms with van der Waals surface area (Å²) in [7, 11) is 0. The van der Waals surface area contributed by atoms with Crippen LogP contribution in [-0.4, -0.2) is 36.8 Å². The molecule has 0 radical (unpaired) electrons. The summed E-state index contributed by atoms with van der Waals surface area (Å²) in [5.41, 5.74) is 7.08. The van der Waals surface area contributed by atoms with Gasteiger partial charge in [0, 0.05) is 18.2 Å². The zero-order chi connectivity index (χ0) is 13.1. The number of anilines is 1. The van der Waals surface area contributed by atoms with E-state index in [1.54, 1.807) is 12.1 Å². The zero-order valence-electron chi connectivity index (χ0n) is 10.1. The molecule has 1 aliphatic rings. The molecule has 0 bridgehead atoms. The molecule has 1 heterocycles. The Morgan fingerprint density at radius 3 is 3.00 bits per heavy atom. The van der Waals surface area contributed by atoms with Crippen LogP contribution in [0.15, 0.2) is 23.4 Å². The highest BCUT2D eigenvalue weighted by Crippen LogP contribution is 2.29. The van der Waals surface area contributed by atoms with Crippen LogP contribution < -0.4 is 10.6 Å². The van der Waals surface area contributed by atoms with E-state index in [9.17, 15) is 0 Å². The van der Waals surface area contributed by atoms with E-state index >= 15 is 0 Å². The molecular formula is C12H16ClN3O2. The molecule has 1 aromatic carbocycles. The second-order valence-corrected chi connectivity index (χ2v) is 4.68. The molecule has 1 saturated heterocycles. The average Bonchev–Trinajstić information content (AvgIpc) is 2.39. The molecule has 1 unspecified atom stereocenters. The first kappa shape index (κ1) is 13.0. The Kier molecular flexibility index (Phi) is 3.93. The van der Waals surface area contributed by atoms with E-state index in [2.05, 4.69) is 17.0 Å². The summed E-state index contributed by atoms with van der Waals surface area (Å²) >= 11 is 6.25. The van der Waals surface area contributed by atoms with Gasteiger partial charge in [-0.1, -0.05) is 16.8 Å². The van der Waals surface area contributed by atoms with Crippen molar-refractivity contribution < 1.29 is 9.94 Å². The van der Waals surface area contributed by atoms with Crippen LogP contribution in [-0.2, 0) is 4.74 Å². The SMILES string of the molecule is CC1COCCN1c1ccc(/C(N)=N/O)cc1Cl. The van der Waals surface area contributed by atoms with Gasteiger partial charge in [-0.3, -0.25) is 0 Å². The third-order valence-corrected chi connectivity index (χ3v) is 3.33. The fourth-order valence-electron chi connectivity index (χ4n) is 2.04. The number of nitrogens with two attached hydrogens (primary N) is 1. The van der Waals surface area contributed by atoms with Crippen molar-refractivity contribution in [2.75, 3.05) is 24.7 Å². The largest absolute Gasteiger partial charge is 0.409 e. The highest BCUT2D eigenvalue weighted by molar-refractivity contribution is 6.33. The first-order chi connectivity index (χ1) is 8.63. The van der Waals surface area contributed by atoms with Gasteiger partial charge in [0.2, 0.25) is 0 Å². The molecule has 1 aromatic rings. The molecule has 0 spiro atoms. The molecule has 0 aliphatic carbocycles. The number of ether oxygens (including phenoxy) is 1. The second kappa shape index (κ2) is 5.46. The molecule has 0 saturated carbocycles. The van der Waals surface area contributed by atoms with Crippen molar-refractivity contribution in [2.24, 2.45) is 10.9 Å². The first-order valence-electron chi connectivity index (χ1n) is 5.75. The van der Waals surface area contributed by atoms with Crippen molar-refractivity contribution in [3.63, 3.8) is 0 Å². The topological polar surface area (TPSA) is 71.1 Å². The number of benzene rings is 1. The summed E-state index contributed by atoms with van der Waals surface area (Å²) in [5.74, 6) is 0.0541. The van der Waals surface area contributed by atoms with E-state index in [-0.39, 0.29) is 11.9 Å². The fraction of sp³-hybridized carbons (Fsp3) is 0.417. The number of halogens is 1. The lowest BCUT2D eigenvalue weighted by Gasteiger charge is -2.35. The maximum absolute atomic E-state index is 8.63. The van der Waals surface area contributed by atoms with Crippen LogP contribution in [0.3, 0.4) is 0 Å². The number of amidine groups is 1. The van der Waals surface area contributed by atoms with Crippen LogP contribution in [0.25, 0.3) is 0 Å². The Morgan fingerprint density at radius 1 is 1.61 bits per heavy atom. The molecule has 3 N–H and O–H groups in total. The van der Waals surface area contributed by atoms with Crippen LogP contribution in [0.5, 0.6) is 0 Å². The quantitative estimate of drug-likeness (QED) is 0.371. The highest BCUT2D eigenvalue weighted by Gasteiger charge is 2.21. The van der Waals surface area contributed by atoms with E-state index in [0.717, 1.165) is 12.2 Å². The molecule has 1 aliphatic heterocycles. The Bertz CT molecular complexity index is 465. The normalized spacial score (nSPS) is 21.1. The zero-order valence-corrected chi connectivity index (χ0v) is 10.9. The van der Waals surface area contributed by atoms with Crippen LogP contribution in [0.1, 0.15) is 12.5 Å². The summed E-state index contributed by atoms with van der Waals surface area (Å²) in [6.07, 6.45) is 0. The van der Waals surface area contributed by atoms with E-state index < -0.39 is 0 Å². The van der Waals surface area contributed by atoms with Gasteiger partial charge in [0.15, 0.2) is 5.84 Å². The molecule has 98 valence electrons. The van der Waals surface area contributed by atoms with Crippen LogP contribution in [0, 0.1) is 0 Å². The minimum absolute atomic E-state index is 0.0541. The number of nitrogens with zero attached hydrogens (tertiary/aromatic N) is 2. The summed E-state index contributed by atoms with van der Waals surface area (Å²) in [6.45, 7) is 4.29. The molecular weight excluding hydrogens is 254 g/mol. The smallest absolute Gasteiger partial charge is 0.170 e. The van der Waals surface area contributed by atoms with Crippen LogP contribution in [0.4, 0.5) is 5.69 Å². The Balaban J connectivity index is 2.29. The molecule has 1 fully saturated rings. The lowest BCUT2D eigenvalue weighted by molar-refractivity contribution is 0.0989. The van der Waals surface area contributed by atoms with Crippen molar-refractivity contribution >= 4 is 23.1 Å². The monoisotopic (exact) mass is 269 g/mol. The van der Waals surface area contributed by atoms with E-state index in [0.29, 0.717) is 23.8 Å². The Morgan fingerprint density at radius 2 is 2.39 bits per heavy atom. The van der Waals surface area contributed by atoms with Gasteiger partial charge in [0.1, 0.15) is 0 Å². The van der Waals surface area contributed by atoms with Gasteiger partial charge >= 0.3 is 0 Å². The van der Waals surface area contributed by atoms with Crippen LogP contribution in [0.2, 0.25) is 5.02 Å². The van der Waals surface area contributed by atoms with E-state index in [1.165, 1.54) is 0 Å². The van der Waals surface area contributed by atoms with Crippen molar-refractivity contribution in [3.8, 4) is 0 Å². The second-order valence-electron chi connectivity index (χ2n) is 4.27. The predicted molar refractivity (Wildman–Crippen MR) is 71.6 cm³/mol. The van der Waals surface area contributed by atoms with Gasteiger partial charge in [0.25, 0.3) is 0 Å². The molecule has 0 aromatic heterocycles. The summed E-state index contributed by atoms with van der Waals surface area (Å²) in [4.78, 5) is 2.20. The number of morpholine rings is 1. The Hall–Kier alpha value is -1.46. The van der Waals surface area contributed by atoms with Gasteiger partial charge in [-0.05, 0) is 25.1 Å². The van der Waals surface area contributed by atoms with Crippen molar-refractivity contribution in [1.82, 2.24) is 0 Å². The third-order valence-electron chi connectivity index (χ3n) is 3.03. The Labute approximate surface area is 111 Å². The van der Waals surface area contributed by atoms with Gasteiger partial charge in [0.05, 0.1) is 23.9 Å². The summed E-state index contributed by atoms with van der Waals surface area (Å²) in [5, 5.41) is 12.2. The van der Waals surface area contributed by atoms with E-state index in [1.807, 2.05) is 6.07 Å². The number of oxime groups is 1. The fourth-order valence-corrected chi connectivity index (χ4v) is 2.33. The maximum Gasteiger partial charge on any atom is 0.170 e. The maximum atomic E-state index is 8.63. The van der Waals surface area contributed by atoms with Gasteiger partial charge in [-0.25, -0.2) is 0 Å². The molecule has 1 atom stereocenters. The molecule has 6 heteroatoms. The molecule has 2 rings (SSSR count). The van der Waals surface area contributed by atoms with Crippen molar-refractivity contribution in [1.29, 1.82) is 0 Å². The number of rotatable bonds is 2. The first-order valence-corrected chi connectivity index (χ1v) is 6.13. The number of hydrogen-bond donors (Lipinski definition) is 2. The summed E-state index contributed by atoms with van der Waals surface area (Å²) < 4.78 is 5.40. The number of hydrogen-bond acceptors (Lipinski definition) is 4. The van der Waals surface area contributed by atoms with Gasteiger partial charge < -0.3 is 20.6 Å².